The van der Waals surface area contributed by atoms with Gasteiger partial charge in [0.05, 0.1) is 5.52 Å². The monoisotopic (exact) mass is 424 g/mol. The molecule has 4 rings (SSSR count). The van der Waals surface area contributed by atoms with Crippen molar-refractivity contribution in [3.63, 3.8) is 0 Å². The van der Waals surface area contributed by atoms with Gasteiger partial charge in [0, 0.05) is 52.5 Å². The van der Waals surface area contributed by atoms with Crippen molar-refractivity contribution >= 4 is 39.7 Å². The lowest BCUT2D eigenvalue weighted by atomic mass is 9.99. The van der Waals surface area contributed by atoms with Crippen LogP contribution in [0.3, 0.4) is 0 Å². The van der Waals surface area contributed by atoms with E-state index in [1.807, 2.05) is 36.4 Å². The maximum Gasteiger partial charge on any atom is 0.133 e. The Morgan fingerprint density at radius 3 is 2.40 bits per heavy atom. The predicted octanol–water partition coefficient (Wildman–Crippen LogP) is 5.69. The molecule has 30 heavy (non-hydrogen) atoms. The Labute approximate surface area is 183 Å². The van der Waals surface area contributed by atoms with Crippen molar-refractivity contribution < 1.29 is 5.11 Å². The van der Waals surface area contributed by atoms with Gasteiger partial charge in [-0.3, -0.25) is 0 Å². The molecule has 158 valence electrons. The molecule has 0 unspecified atom stereocenters. The Kier molecular flexibility index (Phi) is 5.76. The normalized spacial score (nSPS) is 15.5. The molecule has 0 radical (unpaired) electrons. The van der Waals surface area contributed by atoms with Crippen LogP contribution in [0.25, 0.3) is 10.9 Å². The molecule has 0 saturated carbocycles. The van der Waals surface area contributed by atoms with Gasteiger partial charge in [0.15, 0.2) is 0 Å². The molecule has 3 aromatic rings. The Bertz CT molecular complexity index is 1020. The van der Waals surface area contributed by atoms with Gasteiger partial charge in [0.2, 0.25) is 0 Å². The van der Waals surface area contributed by atoms with Gasteiger partial charge in [0.25, 0.3) is 0 Å². The Balaban J connectivity index is 1.62. The number of phenolic OH excluding ortho intramolecular Hbond substituents is 1. The first-order valence-corrected chi connectivity index (χ1v) is 10.8. The number of pyridine rings is 1. The number of nitrogens with one attached hydrogen (secondary N) is 2. The summed E-state index contributed by atoms with van der Waals surface area (Å²) in [7, 11) is 0. The van der Waals surface area contributed by atoms with E-state index in [1.165, 1.54) is 0 Å². The summed E-state index contributed by atoms with van der Waals surface area (Å²) in [6.07, 6.45) is 2.17. The van der Waals surface area contributed by atoms with Crippen molar-refractivity contribution in [2.45, 2.75) is 45.2 Å². The first kappa shape index (κ1) is 20.8. The second-order valence-electron chi connectivity index (χ2n) is 9.02. The summed E-state index contributed by atoms with van der Waals surface area (Å²) in [5, 5.41) is 18.9. The molecule has 1 aliphatic rings. The average Bonchev–Trinajstić information content (AvgIpc) is 2.69. The molecule has 1 saturated heterocycles. The van der Waals surface area contributed by atoms with Crippen molar-refractivity contribution in [1.29, 1.82) is 0 Å². The van der Waals surface area contributed by atoms with Crippen LogP contribution >= 0.6 is 11.6 Å². The molecule has 6 heteroatoms. The van der Waals surface area contributed by atoms with Gasteiger partial charge in [-0.1, -0.05) is 11.6 Å². The Morgan fingerprint density at radius 2 is 1.73 bits per heavy atom. The predicted molar refractivity (Wildman–Crippen MR) is 126 cm³/mol. The van der Waals surface area contributed by atoms with Crippen molar-refractivity contribution in [3.8, 4) is 5.75 Å². The minimum absolute atomic E-state index is 0.123. The highest BCUT2D eigenvalue weighted by Crippen LogP contribution is 2.34. The van der Waals surface area contributed by atoms with Crippen molar-refractivity contribution in [1.82, 2.24) is 10.3 Å². The minimum Gasteiger partial charge on any atom is -0.508 e. The smallest absolute Gasteiger partial charge is 0.133 e. The van der Waals surface area contributed by atoms with Crippen LogP contribution in [0.1, 0.15) is 33.6 Å². The number of halogens is 1. The van der Waals surface area contributed by atoms with Gasteiger partial charge >= 0.3 is 0 Å². The summed E-state index contributed by atoms with van der Waals surface area (Å²) in [4.78, 5) is 7.16. The maximum atomic E-state index is 10.1. The van der Waals surface area contributed by atoms with E-state index in [-0.39, 0.29) is 11.3 Å². The van der Waals surface area contributed by atoms with Crippen LogP contribution in [-0.4, -0.2) is 34.8 Å². The van der Waals surface area contributed by atoms with E-state index in [1.54, 1.807) is 6.07 Å². The third-order valence-electron chi connectivity index (χ3n) is 5.36. The molecule has 5 nitrogen and oxygen atoms in total. The number of phenols is 1. The quantitative estimate of drug-likeness (QED) is 0.501. The number of aromatic nitrogens is 1. The Hall–Kier alpha value is -2.50. The number of aromatic hydroxyl groups is 1. The van der Waals surface area contributed by atoms with Crippen molar-refractivity contribution in [2.24, 2.45) is 0 Å². The minimum atomic E-state index is 0.123. The van der Waals surface area contributed by atoms with Gasteiger partial charge < -0.3 is 20.6 Å². The van der Waals surface area contributed by atoms with Crippen LogP contribution in [-0.2, 0) is 0 Å². The molecule has 0 atom stereocenters. The standard InChI is InChI=1S/C24H29ClN4O/c1-24(2,3)28-18-10-12-29(13-11-18)22-15-23(26-17-6-4-16(25)5-7-17)27-21-9-8-19(30)14-20(21)22/h4-9,14-15,18,28,30H,10-13H2,1-3H3,(H,26,27). The molecule has 0 spiro atoms. The molecule has 1 aliphatic heterocycles. The second-order valence-corrected chi connectivity index (χ2v) is 9.45. The fourth-order valence-corrected chi connectivity index (χ4v) is 4.21. The average molecular weight is 425 g/mol. The lowest BCUT2D eigenvalue weighted by Gasteiger charge is -2.37. The number of benzene rings is 2. The second kappa shape index (κ2) is 8.32. The number of nitrogens with zero attached hydrogens (tertiary/aromatic N) is 2. The summed E-state index contributed by atoms with van der Waals surface area (Å²) < 4.78 is 0. The Morgan fingerprint density at radius 1 is 1.03 bits per heavy atom. The zero-order chi connectivity index (χ0) is 21.3. The van der Waals surface area contributed by atoms with Crippen LogP contribution in [0.2, 0.25) is 5.02 Å². The molecular formula is C24H29ClN4O. The third-order valence-corrected chi connectivity index (χ3v) is 5.61. The zero-order valence-electron chi connectivity index (χ0n) is 17.7. The number of rotatable bonds is 4. The largest absolute Gasteiger partial charge is 0.508 e. The zero-order valence-corrected chi connectivity index (χ0v) is 18.5. The summed E-state index contributed by atoms with van der Waals surface area (Å²) in [5.74, 6) is 1.04. The maximum absolute atomic E-state index is 10.1. The van der Waals surface area contributed by atoms with Crippen molar-refractivity contribution in [3.05, 3.63) is 53.6 Å². The highest BCUT2D eigenvalue weighted by molar-refractivity contribution is 6.30. The van der Waals surface area contributed by atoms with Gasteiger partial charge in [-0.25, -0.2) is 4.98 Å². The SMILES string of the molecule is CC(C)(C)NC1CCN(c2cc(Nc3ccc(Cl)cc3)nc3ccc(O)cc23)CC1. The van der Waals surface area contributed by atoms with Crippen LogP contribution in [0.15, 0.2) is 48.5 Å². The number of hydrogen-bond donors (Lipinski definition) is 3. The molecule has 2 heterocycles. The van der Waals surface area contributed by atoms with Gasteiger partial charge in [-0.05, 0) is 76.1 Å². The molecule has 1 aromatic heterocycles. The molecule has 0 aliphatic carbocycles. The van der Waals surface area contributed by atoms with Crippen LogP contribution in [0, 0.1) is 0 Å². The molecule has 2 aromatic carbocycles. The molecule has 1 fully saturated rings. The number of hydrogen-bond acceptors (Lipinski definition) is 5. The fraction of sp³-hybridized carbons (Fsp3) is 0.375. The molecular weight excluding hydrogens is 396 g/mol. The van der Waals surface area contributed by atoms with Crippen LogP contribution < -0.4 is 15.5 Å². The number of fused-ring (bicyclic) bond motifs is 1. The summed E-state index contributed by atoms with van der Waals surface area (Å²) in [6.45, 7) is 8.57. The lowest BCUT2D eigenvalue weighted by Crippen LogP contribution is -2.49. The third kappa shape index (κ3) is 4.97. The molecule has 3 N–H and O–H groups in total. The van der Waals surface area contributed by atoms with Gasteiger partial charge in [-0.15, -0.1) is 0 Å². The van der Waals surface area contributed by atoms with Crippen LogP contribution in [0.5, 0.6) is 5.75 Å². The topological polar surface area (TPSA) is 60.4 Å². The van der Waals surface area contributed by atoms with Crippen LogP contribution in [0.4, 0.5) is 17.2 Å². The first-order chi connectivity index (χ1) is 14.3. The van der Waals surface area contributed by atoms with E-state index in [4.69, 9.17) is 16.6 Å². The highest BCUT2D eigenvalue weighted by atomic mass is 35.5. The fourth-order valence-electron chi connectivity index (χ4n) is 4.08. The van der Waals surface area contributed by atoms with Crippen molar-refractivity contribution in [2.75, 3.05) is 23.3 Å². The van der Waals surface area contributed by atoms with E-state index < -0.39 is 0 Å². The van der Waals surface area contributed by atoms with E-state index in [0.29, 0.717) is 11.1 Å². The molecule has 0 bridgehead atoms. The summed E-state index contributed by atoms with van der Waals surface area (Å²) >= 11 is 6.01. The van der Waals surface area contributed by atoms with E-state index in [0.717, 1.165) is 54.0 Å². The van der Waals surface area contributed by atoms with E-state index >= 15 is 0 Å². The highest BCUT2D eigenvalue weighted by Gasteiger charge is 2.24. The first-order valence-electron chi connectivity index (χ1n) is 10.5. The lowest BCUT2D eigenvalue weighted by molar-refractivity contribution is 0.317. The van der Waals surface area contributed by atoms with Gasteiger partial charge in [-0.2, -0.15) is 0 Å². The number of anilines is 3. The van der Waals surface area contributed by atoms with E-state index in [2.05, 4.69) is 42.4 Å². The van der Waals surface area contributed by atoms with E-state index in [9.17, 15) is 5.11 Å². The van der Waals surface area contributed by atoms with Gasteiger partial charge in [0.1, 0.15) is 11.6 Å². The number of piperidine rings is 1. The summed E-state index contributed by atoms with van der Waals surface area (Å²) in [6, 6.07) is 15.6. The molecule has 0 amide bonds. The summed E-state index contributed by atoms with van der Waals surface area (Å²) in [5.41, 5.74) is 3.01.